The van der Waals surface area contributed by atoms with Gasteiger partial charge in [0, 0.05) is 18.5 Å². The Kier molecular flexibility index (Phi) is 2.26. The number of hydrogen-bond acceptors (Lipinski definition) is 5. The second kappa shape index (κ2) is 3.73. The lowest BCUT2D eigenvalue weighted by atomic mass is 10.5. The normalized spacial score (nSPS) is 10.0. The van der Waals surface area contributed by atoms with Gasteiger partial charge >= 0.3 is 6.09 Å². The van der Waals surface area contributed by atoms with Crippen LogP contribution in [0.15, 0.2) is 35.6 Å². The zero-order valence-electron chi connectivity index (χ0n) is 7.16. The molecule has 2 rings (SSSR count). The van der Waals surface area contributed by atoms with Gasteiger partial charge in [-0.3, -0.25) is 0 Å². The van der Waals surface area contributed by atoms with Crippen LogP contribution in [0.2, 0.25) is 0 Å². The van der Waals surface area contributed by atoms with Gasteiger partial charge in [0.25, 0.3) is 0 Å². The molecule has 2 aromatic rings. The monoisotopic (exact) mass is 193 g/mol. The molecule has 14 heavy (non-hydrogen) atoms. The molecule has 2 aromatic heterocycles. The molecule has 0 amide bonds. The van der Waals surface area contributed by atoms with E-state index in [1.54, 1.807) is 6.07 Å². The fourth-order valence-corrected chi connectivity index (χ4v) is 0.889. The zero-order valence-corrected chi connectivity index (χ0v) is 7.16. The molecule has 0 bridgehead atoms. The first-order valence-corrected chi connectivity index (χ1v) is 3.90. The van der Waals surface area contributed by atoms with Crippen LogP contribution in [0.25, 0.3) is 0 Å². The molecule has 6 nitrogen and oxygen atoms in total. The van der Waals surface area contributed by atoms with Gasteiger partial charge in [-0.05, 0) is 0 Å². The van der Waals surface area contributed by atoms with Crippen LogP contribution in [0.4, 0.5) is 4.79 Å². The molecule has 0 saturated carbocycles. The van der Waals surface area contributed by atoms with Crippen molar-refractivity contribution in [3.05, 3.63) is 36.7 Å². The van der Waals surface area contributed by atoms with E-state index in [4.69, 9.17) is 4.74 Å². The maximum Gasteiger partial charge on any atom is 0.419 e. The molecule has 2 heterocycles. The van der Waals surface area contributed by atoms with E-state index in [1.165, 1.54) is 29.6 Å². The highest BCUT2D eigenvalue weighted by Gasteiger charge is 2.05. The summed E-state index contributed by atoms with van der Waals surface area (Å²) >= 11 is 0. The van der Waals surface area contributed by atoms with Crippen LogP contribution in [-0.4, -0.2) is 20.8 Å². The van der Waals surface area contributed by atoms with Crippen LogP contribution >= 0.6 is 0 Å². The molecule has 0 aliphatic heterocycles. The number of carbonyl (C=O) groups excluding carboxylic acids is 1. The molecule has 72 valence electrons. The highest BCUT2D eigenvalue weighted by atomic mass is 16.6. The summed E-state index contributed by atoms with van der Waals surface area (Å²) in [4.78, 5) is 15.0. The lowest BCUT2D eigenvalue weighted by molar-refractivity contribution is 0.138. The topological polar surface area (TPSA) is 70.2 Å². The lowest BCUT2D eigenvalue weighted by Gasteiger charge is -2.00. The molecule has 0 radical (unpaired) electrons. The van der Waals surface area contributed by atoms with Crippen molar-refractivity contribution < 1.29 is 14.1 Å². The Morgan fingerprint density at radius 3 is 3.21 bits per heavy atom. The predicted octanol–water partition coefficient (Wildman–Crippen LogP) is 1.06. The number of ether oxygens (including phenoxy) is 1. The van der Waals surface area contributed by atoms with Crippen molar-refractivity contribution in [3.63, 3.8) is 0 Å². The van der Waals surface area contributed by atoms with Gasteiger partial charge in [-0.25, -0.2) is 14.3 Å². The largest absolute Gasteiger partial charge is 0.442 e. The van der Waals surface area contributed by atoms with Crippen LogP contribution < -0.4 is 0 Å². The smallest absolute Gasteiger partial charge is 0.419 e. The van der Waals surface area contributed by atoms with Gasteiger partial charge in [-0.2, -0.15) is 0 Å². The van der Waals surface area contributed by atoms with E-state index in [-0.39, 0.29) is 6.61 Å². The van der Waals surface area contributed by atoms with Crippen molar-refractivity contribution in [2.45, 2.75) is 6.61 Å². The van der Waals surface area contributed by atoms with Crippen LogP contribution in [0.1, 0.15) is 5.69 Å². The number of carbonyl (C=O) groups is 1. The van der Waals surface area contributed by atoms with E-state index in [0.29, 0.717) is 5.69 Å². The average Bonchev–Trinajstić information content (AvgIpc) is 2.87. The minimum absolute atomic E-state index is 0.0908. The van der Waals surface area contributed by atoms with Gasteiger partial charge in [-0.15, -0.1) is 0 Å². The molecule has 0 spiro atoms. The third kappa shape index (κ3) is 1.79. The van der Waals surface area contributed by atoms with Crippen molar-refractivity contribution in [3.8, 4) is 0 Å². The lowest BCUT2D eigenvalue weighted by Crippen LogP contribution is -2.11. The molecular formula is C8H7N3O3. The maximum absolute atomic E-state index is 11.2. The number of rotatable bonds is 2. The van der Waals surface area contributed by atoms with Crippen LogP contribution in [-0.2, 0) is 11.3 Å². The van der Waals surface area contributed by atoms with E-state index >= 15 is 0 Å². The summed E-state index contributed by atoms with van der Waals surface area (Å²) in [5.41, 5.74) is 0.568. The number of nitrogens with zero attached hydrogens (tertiary/aromatic N) is 3. The first-order chi connectivity index (χ1) is 6.86. The van der Waals surface area contributed by atoms with Crippen LogP contribution in [0.5, 0.6) is 0 Å². The standard InChI is InChI=1S/C8H7N3O3/c12-8(11-3-2-9-6-11)13-5-7-1-4-14-10-7/h1-4,6H,5H2. The molecule has 6 heteroatoms. The Labute approximate surface area is 79.1 Å². The highest BCUT2D eigenvalue weighted by Crippen LogP contribution is 1.99. The highest BCUT2D eigenvalue weighted by molar-refractivity contribution is 5.69. The van der Waals surface area contributed by atoms with Gasteiger partial charge in [0.2, 0.25) is 0 Å². The van der Waals surface area contributed by atoms with Crippen LogP contribution in [0, 0.1) is 0 Å². The van der Waals surface area contributed by atoms with Crippen LogP contribution in [0.3, 0.4) is 0 Å². The summed E-state index contributed by atoms with van der Waals surface area (Å²) in [5.74, 6) is 0. The molecule has 0 fully saturated rings. The van der Waals surface area contributed by atoms with Crippen molar-refractivity contribution >= 4 is 6.09 Å². The SMILES string of the molecule is O=C(OCc1ccon1)n1ccnc1. The summed E-state index contributed by atoms with van der Waals surface area (Å²) in [6.45, 7) is 0.0908. The fourth-order valence-electron chi connectivity index (χ4n) is 0.889. The Balaban J connectivity index is 1.90. The number of hydrogen-bond donors (Lipinski definition) is 0. The van der Waals surface area contributed by atoms with Gasteiger partial charge in [0.15, 0.2) is 0 Å². The minimum Gasteiger partial charge on any atom is -0.442 e. The van der Waals surface area contributed by atoms with Gasteiger partial charge in [0.05, 0.1) is 0 Å². The zero-order chi connectivity index (χ0) is 9.80. The van der Waals surface area contributed by atoms with E-state index in [1.807, 2.05) is 0 Å². The van der Waals surface area contributed by atoms with Gasteiger partial charge in [-0.1, -0.05) is 5.16 Å². The maximum atomic E-state index is 11.2. The fraction of sp³-hybridized carbons (Fsp3) is 0.125. The van der Waals surface area contributed by atoms with E-state index in [0.717, 1.165) is 0 Å². The third-order valence-corrected chi connectivity index (χ3v) is 1.55. The summed E-state index contributed by atoms with van der Waals surface area (Å²) in [6.07, 6.45) is 5.29. The first kappa shape index (κ1) is 8.49. The minimum atomic E-state index is -0.495. The second-order valence-corrected chi connectivity index (χ2v) is 2.52. The third-order valence-electron chi connectivity index (χ3n) is 1.55. The predicted molar refractivity (Wildman–Crippen MR) is 44.3 cm³/mol. The average molecular weight is 193 g/mol. The molecule has 0 unspecified atom stereocenters. The van der Waals surface area contributed by atoms with E-state index < -0.39 is 6.09 Å². The molecule has 0 atom stereocenters. The molecule has 0 aromatic carbocycles. The Bertz CT molecular complexity index is 393. The first-order valence-electron chi connectivity index (χ1n) is 3.90. The van der Waals surface area contributed by atoms with E-state index in [2.05, 4.69) is 14.7 Å². The Morgan fingerprint density at radius 1 is 1.64 bits per heavy atom. The summed E-state index contributed by atoms with van der Waals surface area (Å²) in [7, 11) is 0. The van der Waals surface area contributed by atoms with Gasteiger partial charge in [0.1, 0.15) is 24.9 Å². The molecule has 0 aliphatic carbocycles. The molecule has 0 aliphatic rings. The van der Waals surface area contributed by atoms with Crippen molar-refractivity contribution in [2.75, 3.05) is 0 Å². The summed E-state index contributed by atoms with van der Waals surface area (Å²) < 4.78 is 10.7. The van der Waals surface area contributed by atoms with Crippen molar-refractivity contribution in [1.29, 1.82) is 0 Å². The van der Waals surface area contributed by atoms with Crippen molar-refractivity contribution in [2.24, 2.45) is 0 Å². The number of aromatic nitrogens is 3. The Hall–Kier alpha value is -2.11. The molecule has 0 N–H and O–H groups in total. The van der Waals surface area contributed by atoms with E-state index in [9.17, 15) is 4.79 Å². The number of imidazole rings is 1. The summed E-state index contributed by atoms with van der Waals surface area (Å²) in [5, 5.41) is 3.59. The van der Waals surface area contributed by atoms with Gasteiger partial charge < -0.3 is 9.26 Å². The second-order valence-electron chi connectivity index (χ2n) is 2.52. The summed E-state index contributed by atoms with van der Waals surface area (Å²) in [6, 6.07) is 1.63. The molecule has 0 saturated heterocycles. The quantitative estimate of drug-likeness (QED) is 0.713. The Morgan fingerprint density at radius 2 is 2.57 bits per heavy atom. The van der Waals surface area contributed by atoms with Crippen molar-refractivity contribution in [1.82, 2.24) is 14.7 Å². The molecular weight excluding hydrogens is 186 g/mol.